The average Bonchev–Trinajstić information content (AvgIpc) is 2.68. The number of nitrogens with one attached hydrogen (secondary N) is 1. The smallest absolute Gasteiger partial charge is 0.115 e. The largest absolute Gasteiger partial charge is 0.508 e. The first-order valence-corrected chi connectivity index (χ1v) is 7.72. The molecular weight excluding hydrogens is 234 g/mol. The van der Waals surface area contributed by atoms with Crippen LogP contribution in [0.25, 0.3) is 0 Å². The van der Waals surface area contributed by atoms with Crippen molar-refractivity contribution in [2.75, 3.05) is 0 Å². The molecule has 2 nitrogen and oxygen atoms in total. The minimum Gasteiger partial charge on any atom is -0.508 e. The van der Waals surface area contributed by atoms with Gasteiger partial charge in [-0.15, -0.1) is 0 Å². The van der Waals surface area contributed by atoms with Gasteiger partial charge in [0.05, 0.1) is 0 Å². The van der Waals surface area contributed by atoms with Crippen LogP contribution >= 0.6 is 0 Å². The number of hydrogen-bond acceptors (Lipinski definition) is 2. The Hall–Kier alpha value is -1.02. The lowest BCUT2D eigenvalue weighted by Gasteiger charge is -2.27. The SMILES string of the molecule is CC(N[C@H](C)C1CCCCCC1)c1ccc(O)cc1. The van der Waals surface area contributed by atoms with Crippen LogP contribution in [-0.4, -0.2) is 11.1 Å². The lowest BCUT2D eigenvalue weighted by molar-refractivity contribution is 0.316. The second-order valence-electron chi connectivity index (χ2n) is 6.02. The molecule has 2 heteroatoms. The average molecular weight is 261 g/mol. The normalized spacial score (nSPS) is 20.7. The Morgan fingerprint density at radius 3 is 2.16 bits per heavy atom. The standard InChI is InChI=1S/C17H27NO/c1-13(15-7-5-3-4-6-8-15)18-14(2)16-9-11-17(19)12-10-16/h9-15,18-19H,3-8H2,1-2H3/t13-,14?/m1/s1. The number of hydrogen-bond donors (Lipinski definition) is 2. The molecule has 19 heavy (non-hydrogen) atoms. The molecule has 0 radical (unpaired) electrons. The third-order valence-electron chi connectivity index (χ3n) is 4.51. The van der Waals surface area contributed by atoms with Crippen molar-refractivity contribution in [1.29, 1.82) is 0 Å². The van der Waals surface area contributed by atoms with Gasteiger partial charge in [0.1, 0.15) is 5.75 Å². The van der Waals surface area contributed by atoms with Crippen LogP contribution in [0.3, 0.4) is 0 Å². The van der Waals surface area contributed by atoms with E-state index in [9.17, 15) is 5.11 Å². The molecule has 0 saturated heterocycles. The van der Waals surface area contributed by atoms with Gasteiger partial charge >= 0.3 is 0 Å². The molecule has 0 heterocycles. The van der Waals surface area contributed by atoms with E-state index < -0.39 is 0 Å². The van der Waals surface area contributed by atoms with Gasteiger partial charge in [0.25, 0.3) is 0 Å². The number of benzene rings is 1. The lowest BCUT2D eigenvalue weighted by atomic mass is 9.92. The van der Waals surface area contributed by atoms with Crippen LogP contribution in [0.4, 0.5) is 0 Å². The van der Waals surface area contributed by atoms with E-state index >= 15 is 0 Å². The Balaban J connectivity index is 1.89. The van der Waals surface area contributed by atoms with E-state index in [1.54, 1.807) is 12.1 Å². The second kappa shape index (κ2) is 6.95. The molecule has 0 aliphatic heterocycles. The highest BCUT2D eigenvalue weighted by Crippen LogP contribution is 2.27. The van der Waals surface area contributed by atoms with Crippen molar-refractivity contribution in [1.82, 2.24) is 5.32 Å². The molecule has 1 fully saturated rings. The molecule has 0 aromatic heterocycles. The van der Waals surface area contributed by atoms with Crippen molar-refractivity contribution in [3.05, 3.63) is 29.8 Å². The lowest BCUT2D eigenvalue weighted by Crippen LogP contribution is -2.35. The van der Waals surface area contributed by atoms with Crippen molar-refractivity contribution in [2.24, 2.45) is 5.92 Å². The van der Waals surface area contributed by atoms with Crippen LogP contribution in [0.15, 0.2) is 24.3 Å². The van der Waals surface area contributed by atoms with Gasteiger partial charge in [0.2, 0.25) is 0 Å². The highest BCUT2D eigenvalue weighted by Gasteiger charge is 2.20. The highest BCUT2D eigenvalue weighted by molar-refractivity contribution is 5.27. The Morgan fingerprint density at radius 1 is 1.00 bits per heavy atom. The van der Waals surface area contributed by atoms with E-state index in [0.29, 0.717) is 17.8 Å². The fourth-order valence-corrected chi connectivity index (χ4v) is 3.20. The zero-order valence-corrected chi connectivity index (χ0v) is 12.2. The highest BCUT2D eigenvalue weighted by atomic mass is 16.3. The van der Waals surface area contributed by atoms with E-state index in [1.807, 2.05) is 12.1 Å². The number of phenolic OH excluding ortho intramolecular Hbond substituents is 1. The second-order valence-corrected chi connectivity index (χ2v) is 6.02. The molecule has 1 aromatic carbocycles. The summed E-state index contributed by atoms with van der Waals surface area (Å²) >= 11 is 0. The molecule has 1 aliphatic carbocycles. The molecule has 2 rings (SSSR count). The van der Waals surface area contributed by atoms with Crippen LogP contribution in [0.2, 0.25) is 0 Å². The van der Waals surface area contributed by atoms with E-state index in [-0.39, 0.29) is 0 Å². The Labute approximate surface area is 117 Å². The zero-order valence-electron chi connectivity index (χ0n) is 12.2. The van der Waals surface area contributed by atoms with E-state index in [1.165, 1.54) is 44.1 Å². The summed E-state index contributed by atoms with van der Waals surface area (Å²) in [6.07, 6.45) is 8.36. The molecule has 0 bridgehead atoms. The van der Waals surface area contributed by atoms with Gasteiger partial charge in [0.15, 0.2) is 0 Å². The molecule has 2 atom stereocenters. The predicted molar refractivity (Wildman–Crippen MR) is 80.3 cm³/mol. The topological polar surface area (TPSA) is 32.3 Å². The quantitative estimate of drug-likeness (QED) is 0.787. The number of phenols is 1. The molecule has 106 valence electrons. The van der Waals surface area contributed by atoms with Crippen LogP contribution in [0.5, 0.6) is 5.75 Å². The molecule has 1 saturated carbocycles. The minimum absolute atomic E-state index is 0.341. The molecule has 2 N–H and O–H groups in total. The molecule has 0 spiro atoms. The molecular formula is C17H27NO. The van der Waals surface area contributed by atoms with Crippen molar-refractivity contribution >= 4 is 0 Å². The van der Waals surface area contributed by atoms with Crippen molar-refractivity contribution in [3.8, 4) is 5.75 Å². The summed E-state index contributed by atoms with van der Waals surface area (Å²) in [7, 11) is 0. The Morgan fingerprint density at radius 2 is 1.58 bits per heavy atom. The van der Waals surface area contributed by atoms with Crippen LogP contribution in [0, 0.1) is 5.92 Å². The monoisotopic (exact) mass is 261 g/mol. The third kappa shape index (κ3) is 4.24. The summed E-state index contributed by atoms with van der Waals surface area (Å²) in [5, 5.41) is 13.1. The van der Waals surface area contributed by atoms with E-state index in [2.05, 4.69) is 19.2 Å². The van der Waals surface area contributed by atoms with E-state index in [4.69, 9.17) is 0 Å². The molecule has 1 aromatic rings. The summed E-state index contributed by atoms with van der Waals surface area (Å²) < 4.78 is 0. The zero-order chi connectivity index (χ0) is 13.7. The predicted octanol–water partition coefficient (Wildman–Crippen LogP) is 4.40. The first-order valence-electron chi connectivity index (χ1n) is 7.72. The fourth-order valence-electron chi connectivity index (χ4n) is 3.20. The Kier molecular flexibility index (Phi) is 5.26. The van der Waals surface area contributed by atoms with Gasteiger partial charge in [-0.05, 0) is 50.3 Å². The maximum absolute atomic E-state index is 9.34. The molecule has 0 amide bonds. The number of aromatic hydroxyl groups is 1. The molecule has 1 unspecified atom stereocenters. The third-order valence-corrected chi connectivity index (χ3v) is 4.51. The first-order chi connectivity index (χ1) is 9.16. The first kappa shape index (κ1) is 14.4. The summed E-state index contributed by atoms with van der Waals surface area (Å²) in [6, 6.07) is 8.47. The maximum atomic E-state index is 9.34. The maximum Gasteiger partial charge on any atom is 0.115 e. The summed E-state index contributed by atoms with van der Waals surface area (Å²) in [4.78, 5) is 0. The van der Waals surface area contributed by atoms with Gasteiger partial charge in [-0.2, -0.15) is 0 Å². The Bertz CT molecular complexity index is 365. The van der Waals surface area contributed by atoms with Crippen LogP contribution in [0.1, 0.15) is 64.0 Å². The van der Waals surface area contributed by atoms with Crippen LogP contribution in [-0.2, 0) is 0 Å². The summed E-state index contributed by atoms with van der Waals surface area (Å²) in [5.41, 5.74) is 1.25. The van der Waals surface area contributed by atoms with Crippen molar-refractivity contribution in [3.63, 3.8) is 0 Å². The fraction of sp³-hybridized carbons (Fsp3) is 0.647. The minimum atomic E-state index is 0.341. The number of rotatable bonds is 4. The van der Waals surface area contributed by atoms with E-state index in [0.717, 1.165) is 5.92 Å². The van der Waals surface area contributed by atoms with Gasteiger partial charge < -0.3 is 10.4 Å². The van der Waals surface area contributed by atoms with Gasteiger partial charge in [-0.25, -0.2) is 0 Å². The van der Waals surface area contributed by atoms with Gasteiger partial charge in [-0.1, -0.05) is 37.8 Å². The summed E-state index contributed by atoms with van der Waals surface area (Å²) in [5.74, 6) is 1.16. The van der Waals surface area contributed by atoms with Crippen molar-refractivity contribution < 1.29 is 5.11 Å². The summed E-state index contributed by atoms with van der Waals surface area (Å²) in [6.45, 7) is 4.53. The van der Waals surface area contributed by atoms with Crippen LogP contribution < -0.4 is 5.32 Å². The molecule has 1 aliphatic rings. The van der Waals surface area contributed by atoms with Crippen molar-refractivity contribution in [2.45, 2.75) is 64.5 Å². The van der Waals surface area contributed by atoms with Gasteiger partial charge in [0, 0.05) is 12.1 Å². The van der Waals surface area contributed by atoms with Gasteiger partial charge in [-0.3, -0.25) is 0 Å².